The number of nitrogens with zero attached hydrogens (tertiary/aromatic N) is 1. The standard InChI is InChI=1S/C9H17N/c1-8-7-10-6-4-2-3-5-9(8)10/h8-9H,2-7H2,1H3. The third-order valence-corrected chi connectivity index (χ3v) is 3.09. The van der Waals surface area contributed by atoms with Gasteiger partial charge in [0.15, 0.2) is 0 Å². The lowest BCUT2D eigenvalue weighted by Gasteiger charge is -2.46. The van der Waals surface area contributed by atoms with Crippen molar-refractivity contribution in [2.45, 2.75) is 38.6 Å². The Kier molecular flexibility index (Phi) is 1.69. The lowest BCUT2D eigenvalue weighted by Crippen LogP contribution is -2.54. The minimum atomic E-state index is 0.975. The SMILES string of the molecule is CC1CN2CCCCCC12. The predicted octanol–water partition coefficient (Wildman–Crippen LogP) is 1.88. The minimum Gasteiger partial charge on any atom is -0.300 e. The molecule has 2 fully saturated rings. The molecule has 1 nitrogen and oxygen atoms in total. The predicted molar refractivity (Wildman–Crippen MR) is 43.0 cm³/mol. The van der Waals surface area contributed by atoms with Gasteiger partial charge in [-0.2, -0.15) is 0 Å². The van der Waals surface area contributed by atoms with Crippen molar-refractivity contribution in [1.82, 2.24) is 4.90 Å². The van der Waals surface area contributed by atoms with E-state index in [1.165, 1.54) is 38.8 Å². The highest BCUT2D eigenvalue weighted by molar-refractivity contribution is 4.90. The molecule has 2 heterocycles. The van der Waals surface area contributed by atoms with Crippen molar-refractivity contribution in [1.29, 1.82) is 0 Å². The molecule has 0 saturated carbocycles. The zero-order chi connectivity index (χ0) is 6.97. The highest BCUT2D eigenvalue weighted by atomic mass is 15.2. The van der Waals surface area contributed by atoms with Gasteiger partial charge in [-0.1, -0.05) is 19.8 Å². The Morgan fingerprint density at radius 3 is 2.90 bits per heavy atom. The lowest BCUT2D eigenvalue weighted by molar-refractivity contribution is 0.0286. The molecule has 2 rings (SSSR count). The van der Waals surface area contributed by atoms with E-state index in [1.54, 1.807) is 0 Å². The van der Waals surface area contributed by atoms with Crippen molar-refractivity contribution >= 4 is 0 Å². The summed E-state index contributed by atoms with van der Waals surface area (Å²) in [7, 11) is 0. The van der Waals surface area contributed by atoms with Crippen molar-refractivity contribution in [3.63, 3.8) is 0 Å². The van der Waals surface area contributed by atoms with E-state index in [0.29, 0.717) is 0 Å². The van der Waals surface area contributed by atoms with Gasteiger partial charge < -0.3 is 0 Å². The van der Waals surface area contributed by atoms with E-state index >= 15 is 0 Å². The summed E-state index contributed by atoms with van der Waals surface area (Å²) >= 11 is 0. The summed E-state index contributed by atoms with van der Waals surface area (Å²) in [6, 6.07) is 0.975. The molecule has 0 aromatic carbocycles. The molecule has 2 aliphatic heterocycles. The van der Waals surface area contributed by atoms with Crippen LogP contribution in [0.4, 0.5) is 0 Å². The van der Waals surface area contributed by atoms with Crippen LogP contribution >= 0.6 is 0 Å². The first-order valence-electron chi connectivity index (χ1n) is 4.62. The van der Waals surface area contributed by atoms with Gasteiger partial charge >= 0.3 is 0 Å². The molecule has 0 aromatic rings. The van der Waals surface area contributed by atoms with E-state index in [9.17, 15) is 0 Å². The van der Waals surface area contributed by atoms with E-state index < -0.39 is 0 Å². The molecule has 2 unspecified atom stereocenters. The van der Waals surface area contributed by atoms with Gasteiger partial charge in [-0.3, -0.25) is 4.90 Å². The Morgan fingerprint density at radius 2 is 2.10 bits per heavy atom. The van der Waals surface area contributed by atoms with Gasteiger partial charge in [-0.05, 0) is 25.3 Å². The monoisotopic (exact) mass is 139 g/mol. The van der Waals surface area contributed by atoms with Crippen LogP contribution in [0.5, 0.6) is 0 Å². The van der Waals surface area contributed by atoms with Crippen LogP contribution in [0, 0.1) is 5.92 Å². The van der Waals surface area contributed by atoms with E-state index in [4.69, 9.17) is 0 Å². The second-order valence-electron chi connectivity index (χ2n) is 3.89. The van der Waals surface area contributed by atoms with Crippen molar-refractivity contribution in [2.24, 2.45) is 5.92 Å². The van der Waals surface area contributed by atoms with Gasteiger partial charge in [0.2, 0.25) is 0 Å². The van der Waals surface area contributed by atoms with Crippen LogP contribution in [-0.2, 0) is 0 Å². The fraction of sp³-hybridized carbons (Fsp3) is 1.00. The first-order chi connectivity index (χ1) is 4.88. The van der Waals surface area contributed by atoms with Crippen LogP contribution in [0.15, 0.2) is 0 Å². The summed E-state index contributed by atoms with van der Waals surface area (Å²) in [6.07, 6.45) is 5.87. The van der Waals surface area contributed by atoms with Crippen molar-refractivity contribution < 1.29 is 0 Å². The fourth-order valence-corrected chi connectivity index (χ4v) is 2.42. The molecule has 0 aromatic heterocycles. The fourth-order valence-electron chi connectivity index (χ4n) is 2.42. The van der Waals surface area contributed by atoms with Gasteiger partial charge in [0.05, 0.1) is 0 Å². The molecule has 0 spiro atoms. The molecule has 0 aliphatic carbocycles. The normalized spacial score (nSPS) is 41.7. The number of rotatable bonds is 0. The smallest absolute Gasteiger partial charge is 0.0133 e. The molecule has 0 bridgehead atoms. The van der Waals surface area contributed by atoms with Crippen LogP contribution in [0.3, 0.4) is 0 Å². The van der Waals surface area contributed by atoms with Gasteiger partial charge in [0.25, 0.3) is 0 Å². The first-order valence-corrected chi connectivity index (χ1v) is 4.62. The highest BCUT2D eigenvalue weighted by Crippen LogP contribution is 2.31. The summed E-state index contributed by atoms with van der Waals surface area (Å²) < 4.78 is 0. The van der Waals surface area contributed by atoms with Gasteiger partial charge in [0.1, 0.15) is 0 Å². The molecular weight excluding hydrogens is 122 g/mol. The molecule has 2 aliphatic rings. The van der Waals surface area contributed by atoms with Crippen LogP contribution in [0.25, 0.3) is 0 Å². The number of fused-ring (bicyclic) bond motifs is 1. The molecule has 58 valence electrons. The number of hydrogen-bond donors (Lipinski definition) is 0. The Balaban J connectivity index is 1.93. The van der Waals surface area contributed by atoms with Crippen LogP contribution in [0.2, 0.25) is 0 Å². The Bertz CT molecular complexity index is 122. The van der Waals surface area contributed by atoms with E-state index in [2.05, 4.69) is 11.8 Å². The average Bonchev–Trinajstić information content (AvgIpc) is 2.09. The molecule has 0 radical (unpaired) electrons. The zero-order valence-corrected chi connectivity index (χ0v) is 6.84. The quantitative estimate of drug-likeness (QED) is 0.495. The third kappa shape index (κ3) is 0.968. The van der Waals surface area contributed by atoms with E-state index in [0.717, 1.165) is 12.0 Å². The Morgan fingerprint density at radius 1 is 1.20 bits per heavy atom. The topological polar surface area (TPSA) is 3.24 Å². The van der Waals surface area contributed by atoms with Gasteiger partial charge in [-0.15, -0.1) is 0 Å². The Hall–Kier alpha value is -0.0400. The minimum absolute atomic E-state index is 0.975. The molecule has 0 amide bonds. The average molecular weight is 139 g/mol. The lowest BCUT2D eigenvalue weighted by atomic mass is 9.88. The van der Waals surface area contributed by atoms with Gasteiger partial charge in [0, 0.05) is 12.6 Å². The van der Waals surface area contributed by atoms with Crippen LogP contribution < -0.4 is 0 Å². The highest BCUT2D eigenvalue weighted by Gasteiger charge is 2.35. The Labute approximate surface area is 63.4 Å². The maximum Gasteiger partial charge on any atom is 0.0133 e. The zero-order valence-electron chi connectivity index (χ0n) is 6.84. The summed E-state index contributed by atoms with van der Waals surface area (Å²) in [5, 5.41) is 0. The summed E-state index contributed by atoms with van der Waals surface area (Å²) in [5.74, 6) is 0.998. The largest absolute Gasteiger partial charge is 0.300 e. The van der Waals surface area contributed by atoms with Crippen LogP contribution in [-0.4, -0.2) is 24.0 Å². The van der Waals surface area contributed by atoms with E-state index in [-0.39, 0.29) is 0 Å². The third-order valence-electron chi connectivity index (χ3n) is 3.09. The summed E-state index contributed by atoms with van der Waals surface area (Å²) in [4.78, 5) is 2.66. The molecular formula is C9H17N. The molecule has 1 heteroatoms. The summed E-state index contributed by atoms with van der Waals surface area (Å²) in [6.45, 7) is 5.16. The van der Waals surface area contributed by atoms with Crippen molar-refractivity contribution in [3.8, 4) is 0 Å². The second-order valence-corrected chi connectivity index (χ2v) is 3.89. The van der Waals surface area contributed by atoms with Gasteiger partial charge in [-0.25, -0.2) is 0 Å². The molecule has 0 N–H and O–H groups in total. The molecule has 10 heavy (non-hydrogen) atoms. The maximum atomic E-state index is 2.66. The second kappa shape index (κ2) is 2.54. The molecule has 2 atom stereocenters. The molecule has 2 saturated heterocycles. The first kappa shape index (κ1) is 6.66. The van der Waals surface area contributed by atoms with Crippen molar-refractivity contribution in [3.05, 3.63) is 0 Å². The number of hydrogen-bond acceptors (Lipinski definition) is 1. The van der Waals surface area contributed by atoms with Crippen molar-refractivity contribution in [2.75, 3.05) is 13.1 Å². The summed E-state index contributed by atoms with van der Waals surface area (Å²) in [5.41, 5.74) is 0. The van der Waals surface area contributed by atoms with Crippen LogP contribution in [0.1, 0.15) is 32.6 Å². The van der Waals surface area contributed by atoms with E-state index in [1.807, 2.05) is 0 Å². The maximum absolute atomic E-state index is 2.66.